The normalized spacial score (nSPS) is 19.2. The van der Waals surface area contributed by atoms with Crippen LogP contribution in [0.1, 0.15) is 16.8 Å². The van der Waals surface area contributed by atoms with Crippen LogP contribution in [0.5, 0.6) is 0 Å². The maximum absolute atomic E-state index is 12.9. The molecule has 1 aliphatic heterocycles. The molecule has 2 amide bonds. The Hall–Kier alpha value is -2.00. The minimum absolute atomic E-state index is 0.236. The van der Waals surface area contributed by atoms with E-state index in [0.29, 0.717) is 5.69 Å². The van der Waals surface area contributed by atoms with E-state index in [2.05, 4.69) is 0 Å². The highest BCUT2D eigenvalue weighted by Gasteiger charge is 2.39. The summed E-state index contributed by atoms with van der Waals surface area (Å²) in [7, 11) is -4.75. The molecule has 7 nitrogen and oxygen atoms in total. The smallest absolute Gasteiger partial charge is 0.307 e. The zero-order valence-corrected chi connectivity index (χ0v) is 11.1. The van der Waals surface area contributed by atoms with Crippen LogP contribution in [0.25, 0.3) is 0 Å². The quantitative estimate of drug-likeness (QED) is 0.344. The Labute approximate surface area is 114 Å². The molecule has 1 saturated heterocycles. The van der Waals surface area contributed by atoms with E-state index in [1.54, 1.807) is 0 Å². The second-order valence-electron chi connectivity index (χ2n) is 4.33. The number of nitrogens with zero attached hydrogens (tertiary/aromatic N) is 1. The molecule has 9 heteroatoms. The monoisotopic (exact) mass is 301 g/mol. The van der Waals surface area contributed by atoms with Crippen LogP contribution >= 0.6 is 0 Å². The van der Waals surface area contributed by atoms with Crippen molar-refractivity contribution in [1.82, 2.24) is 5.43 Å². The van der Waals surface area contributed by atoms with E-state index < -0.39 is 27.3 Å². The molecule has 0 spiro atoms. The van der Waals surface area contributed by atoms with Crippen LogP contribution in [0.2, 0.25) is 0 Å². The van der Waals surface area contributed by atoms with Crippen molar-refractivity contribution < 1.29 is 21.9 Å². The van der Waals surface area contributed by atoms with Gasteiger partial charge in [-0.3, -0.25) is 15.0 Å². The number of benzene rings is 1. The van der Waals surface area contributed by atoms with Gasteiger partial charge in [0, 0.05) is 24.2 Å². The minimum Gasteiger partial charge on any atom is -0.311 e. The number of anilines is 1. The third-order valence-electron chi connectivity index (χ3n) is 3.06. The summed E-state index contributed by atoms with van der Waals surface area (Å²) in [5.41, 5.74) is 2.64. The van der Waals surface area contributed by atoms with E-state index in [-0.39, 0.29) is 18.5 Å². The molecule has 1 fully saturated rings. The standard InChI is InChI=1S/C11H12FN3O4S/c12-20(18,19)9-5-10(16)15(6-9)8-3-1-7(2-4-8)11(17)14-13/h1-4,9H,5-6,13H2,(H,14,17). The van der Waals surface area contributed by atoms with Gasteiger partial charge in [0.15, 0.2) is 0 Å². The van der Waals surface area contributed by atoms with Gasteiger partial charge in [0.25, 0.3) is 5.91 Å². The van der Waals surface area contributed by atoms with Gasteiger partial charge < -0.3 is 4.90 Å². The van der Waals surface area contributed by atoms with Crippen LogP contribution in [0, 0.1) is 0 Å². The molecule has 2 rings (SSSR count). The van der Waals surface area contributed by atoms with E-state index in [0.717, 1.165) is 0 Å². The Morgan fingerprint density at radius 1 is 1.35 bits per heavy atom. The van der Waals surface area contributed by atoms with Gasteiger partial charge in [-0.1, -0.05) is 0 Å². The first-order valence-corrected chi connectivity index (χ1v) is 7.12. The van der Waals surface area contributed by atoms with Crippen molar-refractivity contribution >= 4 is 27.7 Å². The van der Waals surface area contributed by atoms with Gasteiger partial charge in [0.2, 0.25) is 5.91 Å². The zero-order chi connectivity index (χ0) is 14.9. The SMILES string of the molecule is NNC(=O)c1ccc(N2CC(S(=O)(=O)F)CC2=O)cc1. The number of carbonyl (C=O) groups excluding carboxylic acids is 2. The van der Waals surface area contributed by atoms with Crippen LogP contribution in [0.15, 0.2) is 24.3 Å². The fourth-order valence-electron chi connectivity index (χ4n) is 1.99. The molecular weight excluding hydrogens is 289 g/mol. The van der Waals surface area contributed by atoms with Crippen molar-refractivity contribution in [2.45, 2.75) is 11.7 Å². The fraction of sp³-hybridized carbons (Fsp3) is 0.273. The topological polar surface area (TPSA) is 110 Å². The van der Waals surface area contributed by atoms with Gasteiger partial charge in [0.1, 0.15) is 5.25 Å². The number of hydrogen-bond donors (Lipinski definition) is 2. The van der Waals surface area contributed by atoms with Gasteiger partial charge in [-0.2, -0.15) is 8.42 Å². The molecule has 1 aromatic rings. The summed E-state index contributed by atoms with van der Waals surface area (Å²) in [5, 5.41) is -1.35. The molecule has 1 atom stereocenters. The Kier molecular flexibility index (Phi) is 3.73. The van der Waals surface area contributed by atoms with Crippen LogP contribution in [0.4, 0.5) is 9.57 Å². The number of nitrogens with one attached hydrogen (secondary N) is 1. The number of nitrogen functional groups attached to an aromatic ring is 1. The minimum atomic E-state index is -4.75. The van der Waals surface area contributed by atoms with Crippen LogP contribution in [-0.2, 0) is 15.0 Å². The first-order valence-electron chi connectivity index (χ1n) is 5.68. The fourth-order valence-corrected chi connectivity index (χ4v) is 2.66. The number of hydrogen-bond acceptors (Lipinski definition) is 5. The second-order valence-corrected chi connectivity index (χ2v) is 5.94. The summed E-state index contributed by atoms with van der Waals surface area (Å²) in [4.78, 5) is 24.1. The van der Waals surface area contributed by atoms with Crippen molar-refractivity contribution in [3.63, 3.8) is 0 Å². The van der Waals surface area contributed by atoms with Crippen LogP contribution in [-0.4, -0.2) is 32.0 Å². The molecule has 0 aliphatic carbocycles. The van der Waals surface area contributed by atoms with Gasteiger partial charge in [-0.15, -0.1) is 3.89 Å². The van der Waals surface area contributed by atoms with E-state index in [9.17, 15) is 21.9 Å². The maximum atomic E-state index is 12.9. The zero-order valence-electron chi connectivity index (χ0n) is 10.2. The van der Waals surface area contributed by atoms with Gasteiger partial charge in [-0.05, 0) is 24.3 Å². The van der Waals surface area contributed by atoms with Gasteiger partial charge >= 0.3 is 10.2 Å². The Balaban J connectivity index is 2.21. The Morgan fingerprint density at radius 3 is 2.40 bits per heavy atom. The van der Waals surface area contributed by atoms with E-state index in [4.69, 9.17) is 5.84 Å². The molecule has 1 aromatic carbocycles. The van der Waals surface area contributed by atoms with Crippen LogP contribution in [0.3, 0.4) is 0 Å². The molecule has 20 heavy (non-hydrogen) atoms. The van der Waals surface area contributed by atoms with Crippen LogP contribution < -0.4 is 16.2 Å². The predicted octanol–water partition coefficient (Wildman–Crippen LogP) is -0.305. The number of carbonyl (C=O) groups is 2. The Morgan fingerprint density at radius 2 is 1.95 bits per heavy atom. The van der Waals surface area contributed by atoms with Crippen molar-refractivity contribution in [2.24, 2.45) is 5.84 Å². The van der Waals surface area contributed by atoms with E-state index in [1.165, 1.54) is 29.2 Å². The number of amides is 2. The molecule has 108 valence electrons. The van der Waals surface area contributed by atoms with Crippen molar-refractivity contribution in [1.29, 1.82) is 0 Å². The average Bonchev–Trinajstić information content (AvgIpc) is 2.80. The van der Waals surface area contributed by atoms with Gasteiger partial charge in [-0.25, -0.2) is 5.84 Å². The summed E-state index contributed by atoms with van der Waals surface area (Å²) in [6.45, 7) is -0.236. The van der Waals surface area contributed by atoms with Gasteiger partial charge in [0.05, 0.1) is 0 Å². The Bertz CT molecular complexity index is 644. The lowest BCUT2D eigenvalue weighted by molar-refractivity contribution is -0.117. The molecule has 1 unspecified atom stereocenters. The first kappa shape index (κ1) is 14.4. The highest BCUT2D eigenvalue weighted by atomic mass is 32.3. The number of rotatable bonds is 3. The number of halogens is 1. The summed E-state index contributed by atoms with van der Waals surface area (Å²) in [6.07, 6.45) is -0.385. The second kappa shape index (κ2) is 5.17. The molecule has 1 heterocycles. The summed E-state index contributed by atoms with van der Waals surface area (Å²) >= 11 is 0. The van der Waals surface area contributed by atoms with Crippen molar-refractivity contribution in [3.05, 3.63) is 29.8 Å². The third-order valence-corrected chi connectivity index (χ3v) is 4.17. The van der Waals surface area contributed by atoms with Crippen molar-refractivity contribution in [2.75, 3.05) is 11.4 Å². The van der Waals surface area contributed by atoms with E-state index >= 15 is 0 Å². The molecule has 1 aliphatic rings. The molecule has 0 radical (unpaired) electrons. The van der Waals surface area contributed by atoms with E-state index in [1.807, 2.05) is 5.43 Å². The van der Waals surface area contributed by atoms with Crippen molar-refractivity contribution in [3.8, 4) is 0 Å². The summed E-state index contributed by atoms with van der Waals surface area (Å²) < 4.78 is 34.6. The molecule has 3 N–H and O–H groups in total. The third kappa shape index (κ3) is 2.78. The lowest BCUT2D eigenvalue weighted by atomic mass is 10.2. The summed E-state index contributed by atoms with van der Waals surface area (Å²) in [5.74, 6) is 4.01. The highest BCUT2D eigenvalue weighted by Crippen LogP contribution is 2.26. The predicted molar refractivity (Wildman–Crippen MR) is 68.9 cm³/mol. The number of hydrazine groups is 1. The molecular formula is C11H12FN3O4S. The molecule has 0 aromatic heterocycles. The molecule has 0 bridgehead atoms. The average molecular weight is 301 g/mol. The molecule has 0 saturated carbocycles. The largest absolute Gasteiger partial charge is 0.311 e. The number of nitrogens with two attached hydrogens (primary N) is 1. The lowest BCUT2D eigenvalue weighted by Crippen LogP contribution is -2.30. The summed E-state index contributed by atoms with van der Waals surface area (Å²) in [6, 6.07) is 5.80. The maximum Gasteiger partial charge on any atom is 0.307 e. The highest BCUT2D eigenvalue weighted by molar-refractivity contribution is 7.87. The first-order chi connectivity index (χ1) is 9.32. The lowest BCUT2D eigenvalue weighted by Gasteiger charge is -2.16.